The summed E-state index contributed by atoms with van der Waals surface area (Å²) in [5, 5.41) is 0. The Morgan fingerprint density at radius 3 is 2.45 bits per heavy atom. The second-order valence-electron chi connectivity index (χ2n) is 4.97. The van der Waals surface area contributed by atoms with Crippen molar-refractivity contribution in [2.24, 2.45) is 0 Å². The number of hydrogen-bond acceptors (Lipinski definition) is 4. The highest BCUT2D eigenvalue weighted by atomic mass is 32.2. The highest BCUT2D eigenvalue weighted by molar-refractivity contribution is 7.90. The number of fused-ring (bicyclic) bond motifs is 1. The van der Waals surface area contributed by atoms with Crippen LogP contribution in [0.25, 0.3) is 11.0 Å². The van der Waals surface area contributed by atoms with E-state index >= 15 is 0 Å². The van der Waals surface area contributed by atoms with Gasteiger partial charge in [-0.05, 0) is 42.3 Å². The normalized spacial score (nSPS) is 11.9. The number of hydrogen-bond donors (Lipinski definition) is 2. The molecule has 3 rings (SSSR count). The molecule has 0 saturated heterocycles. The summed E-state index contributed by atoms with van der Waals surface area (Å²) >= 11 is 0. The van der Waals surface area contributed by atoms with Gasteiger partial charge in [-0.25, -0.2) is 13.2 Å². The van der Waals surface area contributed by atoms with Crippen molar-refractivity contribution in [1.29, 1.82) is 0 Å². The summed E-state index contributed by atoms with van der Waals surface area (Å²) < 4.78 is 26.2. The number of H-pyrrole nitrogens is 1. The zero-order valence-electron chi connectivity index (χ0n) is 11.9. The van der Waals surface area contributed by atoms with Gasteiger partial charge in [0.15, 0.2) is 0 Å². The summed E-state index contributed by atoms with van der Waals surface area (Å²) in [4.78, 5) is 14.7. The fourth-order valence-electron chi connectivity index (χ4n) is 2.34. The molecule has 7 heteroatoms. The molecule has 0 spiro atoms. The lowest BCUT2D eigenvalue weighted by Gasteiger charge is -2.07. The second kappa shape index (κ2) is 5.03. The summed E-state index contributed by atoms with van der Waals surface area (Å²) in [6.45, 7) is 1.98. The molecular weight excluding hydrogens is 302 g/mol. The van der Waals surface area contributed by atoms with Crippen molar-refractivity contribution in [2.45, 2.75) is 18.2 Å². The third-order valence-corrected chi connectivity index (χ3v) is 5.25. The van der Waals surface area contributed by atoms with E-state index in [4.69, 9.17) is 5.73 Å². The smallest absolute Gasteiger partial charge is 0.340 e. The third-order valence-electron chi connectivity index (χ3n) is 3.54. The lowest BCUT2D eigenvalue weighted by atomic mass is 10.2. The van der Waals surface area contributed by atoms with Gasteiger partial charge < -0.3 is 10.7 Å². The van der Waals surface area contributed by atoms with Crippen molar-refractivity contribution in [3.8, 4) is 0 Å². The van der Waals surface area contributed by atoms with Crippen LogP contribution in [-0.2, 0) is 16.4 Å². The van der Waals surface area contributed by atoms with Gasteiger partial charge in [0.2, 0.25) is 0 Å². The van der Waals surface area contributed by atoms with Gasteiger partial charge >= 0.3 is 5.69 Å². The third kappa shape index (κ3) is 2.19. The zero-order chi connectivity index (χ0) is 15.9. The van der Waals surface area contributed by atoms with Crippen LogP contribution in [0.4, 0.5) is 5.69 Å². The van der Waals surface area contributed by atoms with Gasteiger partial charge in [-0.3, -0.25) is 0 Å². The number of benzene rings is 2. The number of nitrogens with one attached hydrogen (secondary N) is 1. The van der Waals surface area contributed by atoms with Crippen molar-refractivity contribution < 1.29 is 8.42 Å². The van der Waals surface area contributed by atoms with E-state index in [2.05, 4.69) is 4.98 Å². The molecule has 114 valence electrons. The van der Waals surface area contributed by atoms with E-state index in [-0.39, 0.29) is 10.4 Å². The summed E-state index contributed by atoms with van der Waals surface area (Å²) in [5.41, 5.74) is 7.06. The molecule has 1 aromatic heterocycles. The molecule has 1 heterocycles. The number of aromatic amines is 1. The van der Waals surface area contributed by atoms with Gasteiger partial charge in [0.1, 0.15) is 0 Å². The molecular formula is C15H15N3O3S. The van der Waals surface area contributed by atoms with Crippen LogP contribution in [0.3, 0.4) is 0 Å². The van der Waals surface area contributed by atoms with E-state index in [0.717, 1.165) is 16.0 Å². The Morgan fingerprint density at radius 2 is 1.82 bits per heavy atom. The van der Waals surface area contributed by atoms with Crippen molar-refractivity contribution in [3.63, 3.8) is 0 Å². The topological polar surface area (TPSA) is 98.0 Å². The predicted octanol–water partition coefficient (Wildman–Crippen LogP) is 1.71. The standard InChI is InChI=1S/C15H15N3O3S/c1-2-10-3-6-12(7-4-10)22(20,21)18-14-9-11(16)5-8-13(14)17-15(18)19/h3-9H,2,16H2,1H3,(H,17,19). The first-order valence-electron chi connectivity index (χ1n) is 6.78. The molecule has 0 unspecified atom stereocenters. The Hall–Kier alpha value is -2.54. The fraction of sp³-hybridized carbons (Fsp3) is 0.133. The monoisotopic (exact) mass is 317 g/mol. The lowest BCUT2D eigenvalue weighted by molar-refractivity contribution is 0.587. The Balaban J connectivity index is 2.26. The summed E-state index contributed by atoms with van der Waals surface area (Å²) in [6.07, 6.45) is 0.809. The van der Waals surface area contributed by atoms with Gasteiger partial charge in [0, 0.05) is 5.69 Å². The quantitative estimate of drug-likeness (QED) is 0.718. The number of anilines is 1. The van der Waals surface area contributed by atoms with E-state index in [1.54, 1.807) is 24.3 Å². The van der Waals surface area contributed by atoms with Crippen LogP contribution in [-0.4, -0.2) is 17.4 Å². The molecule has 6 nitrogen and oxygen atoms in total. The Kier molecular flexibility index (Phi) is 3.29. The molecule has 0 saturated carbocycles. The van der Waals surface area contributed by atoms with Crippen LogP contribution in [0.5, 0.6) is 0 Å². The minimum absolute atomic E-state index is 0.0649. The summed E-state index contributed by atoms with van der Waals surface area (Å²) in [7, 11) is -3.98. The Morgan fingerprint density at radius 1 is 1.14 bits per heavy atom. The number of nitrogen functional groups attached to an aromatic ring is 1. The van der Waals surface area contributed by atoms with Gasteiger partial charge in [0.05, 0.1) is 15.9 Å². The Bertz CT molecular complexity index is 999. The molecule has 2 aromatic carbocycles. The Labute approximate surface area is 127 Å². The minimum atomic E-state index is -3.98. The summed E-state index contributed by atoms with van der Waals surface area (Å²) in [6, 6.07) is 11.1. The maximum absolute atomic E-state index is 12.7. The first kappa shape index (κ1) is 14.4. The highest BCUT2D eigenvalue weighted by Crippen LogP contribution is 2.20. The van der Waals surface area contributed by atoms with Crippen molar-refractivity contribution >= 4 is 26.7 Å². The van der Waals surface area contributed by atoms with Crippen LogP contribution in [0.1, 0.15) is 12.5 Å². The molecule has 3 aromatic rings. The van der Waals surface area contributed by atoms with Gasteiger partial charge in [0.25, 0.3) is 10.0 Å². The fourth-order valence-corrected chi connectivity index (χ4v) is 3.70. The molecule has 0 amide bonds. The maximum Gasteiger partial charge on any atom is 0.340 e. The molecule has 0 atom stereocenters. The molecule has 0 bridgehead atoms. The average Bonchev–Trinajstić information content (AvgIpc) is 2.83. The molecule has 0 aliphatic carbocycles. The number of nitrogens with zero attached hydrogens (tertiary/aromatic N) is 1. The molecule has 22 heavy (non-hydrogen) atoms. The van der Waals surface area contributed by atoms with Gasteiger partial charge in [-0.2, -0.15) is 3.97 Å². The molecule has 0 radical (unpaired) electrons. The van der Waals surface area contributed by atoms with Crippen molar-refractivity contribution in [3.05, 3.63) is 58.5 Å². The number of nitrogens with two attached hydrogens (primary N) is 1. The minimum Gasteiger partial charge on any atom is -0.399 e. The number of rotatable bonds is 3. The van der Waals surface area contributed by atoms with Crippen LogP contribution in [0.15, 0.2) is 52.2 Å². The maximum atomic E-state index is 12.7. The van der Waals surface area contributed by atoms with Crippen LogP contribution in [0, 0.1) is 0 Å². The van der Waals surface area contributed by atoms with Crippen molar-refractivity contribution in [1.82, 2.24) is 8.96 Å². The van der Waals surface area contributed by atoms with Crippen LogP contribution >= 0.6 is 0 Å². The van der Waals surface area contributed by atoms with E-state index in [1.807, 2.05) is 6.92 Å². The van der Waals surface area contributed by atoms with Crippen molar-refractivity contribution in [2.75, 3.05) is 5.73 Å². The molecule has 3 N–H and O–H groups in total. The first-order valence-corrected chi connectivity index (χ1v) is 8.22. The molecule has 0 fully saturated rings. The largest absolute Gasteiger partial charge is 0.399 e. The molecule has 0 aliphatic rings. The lowest BCUT2D eigenvalue weighted by Crippen LogP contribution is -2.25. The molecule has 0 aliphatic heterocycles. The second-order valence-corrected chi connectivity index (χ2v) is 6.76. The number of aryl methyl sites for hydroxylation is 1. The SMILES string of the molecule is CCc1ccc(S(=O)(=O)n2c(=O)[nH]c3ccc(N)cc32)cc1. The van der Waals surface area contributed by atoms with Crippen LogP contribution in [0.2, 0.25) is 0 Å². The van der Waals surface area contributed by atoms with E-state index < -0.39 is 15.7 Å². The first-order chi connectivity index (χ1) is 10.4. The number of imidazole rings is 1. The van der Waals surface area contributed by atoms with Gasteiger partial charge in [-0.1, -0.05) is 19.1 Å². The highest BCUT2D eigenvalue weighted by Gasteiger charge is 2.22. The van der Waals surface area contributed by atoms with Crippen LogP contribution < -0.4 is 11.4 Å². The van der Waals surface area contributed by atoms with E-state index in [0.29, 0.717) is 11.2 Å². The van der Waals surface area contributed by atoms with E-state index in [1.165, 1.54) is 18.2 Å². The average molecular weight is 317 g/mol. The summed E-state index contributed by atoms with van der Waals surface area (Å²) in [5.74, 6) is 0. The predicted molar refractivity (Wildman–Crippen MR) is 85.4 cm³/mol. The van der Waals surface area contributed by atoms with Gasteiger partial charge in [-0.15, -0.1) is 0 Å². The number of aromatic nitrogens is 2. The zero-order valence-corrected chi connectivity index (χ0v) is 12.7. The van der Waals surface area contributed by atoms with E-state index in [9.17, 15) is 13.2 Å².